The number of aliphatic hydroxyl groups excluding tert-OH is 1. The van der Waals surface area contributed by atoms with E-state index in [0.29, 0.717) is 12.5 Å². The molecule has 0 unspecified atom stereocenters. The van der Waals surface area contributed by atoms with Crippen molar-refractivity contribution in [1.82, 2.24) is 19.7 Å². The zero-order chi connectivity index (χ0) is 14.5. The Balaban J connectivity index is 1.54. The third-order valence-corrected chi connectivity index (χ3v) is 4.13. The number of benzene rings is 1. The Morgan fingerprint density at radius 1 is 1.29 bits per heavy atom. The first kappa shape index (κ1) is 14.2. The van der Waals surface area contributed by atoms with Gasteiger partial charge in [0.05, 0.1) is 6.10 Å². The summed E-state index contributed by atoms with van der Waals surface area (Å²) in [4.78, 5) is 6.36. The van der Waals surface area contributed by atoms with Crippen LogP contribution in [0.4, 0.5) is 0 Å². The van der Waals surface area contributed by atoms with E-state index >= 15 is 0 Å². The molecule has 0 amide bonds. The summed E-state index contributed by atoms with van der Waals surface area (Å²) in [6.07, 6.45) is 5.35. The average molecular weight is 286 g/mol. The van der Waals surface area contributed by atoms with Gasteiger partial charge in [-0.2, -0.15) is 5.10 Å². The number of piperidine rings is 1. The van der Waals surface area contributed by atoms with Gasteiger partial charge in [-0.25, -0.2) is 4.98 Å². The molecular formula is C16H22N4O. The second-order valence-electron chi connectivity index (χ2n) is 5.81. The summed E-state index contributed by atoms with van der Waals surface area (Å²) in [5.74, 6) is 0.587. The Kier molecular flexibility index (Phi) is 4.62. The van der Waals surface area contributed by atoms with Crippen molar-refractivity contribution in [3.05, 3.63) is 48.5 Å². The molecular weight excluding hydrogens is 264 g/mol. The summed E-state index contributed by atoms with van der Waals surface area (Å²) in [5.41, 5.74) is 0.996. The zero-order valence-electron chi connectivity index (χ0n) is 12.2. The second-order valence-corrected chi connectivity index (χ2v) is 5.81. The SMILES string of the molecule is O[C@H](CN1CCC[C@@H](Cn2cncn2)C1)c1ccccc1. The molecule has 0 aliphatic carbocycles. The molecule has 1 fully saturated rings. The van der Waals surface area contributed by atoms with Gasteiger partial charge in [-0.05, 0) is 30.9 Å². The molecule has 0 spiro atoms. The summed E-state index contributed by atoms with van der Waals surface area (Å²) in [6, 6.07) is 9.90. The van der Waals surface area contributed by atoms with Crippen LogP contribution in [-0.4, -0.2) is 44.4 Å². The number of likely N-dealkylation sites (tertiary alicyclic amines) is 1. The van der Waals surface area contributed by atoms with Crippen LogP contribution < -0.4 is 0 Å². The van der Waals surface area contributed by atoms with Crippen molar-refractivity contribution in [3.63, 3.8) is 0 Å². The van der Waals surface area contributed by atoms with Gasteiger partial charge in [-0.3, -0.25) is 4.68 Å². The van der Waals surface area contributed by atoms with Gasteiger partial charge in [0.25, 0.3) is 0 Å². The topological polar surface area (TPSA) is 54.2 Å². The lowest BCUT2D eigenvalue weighted by molar-refractivity contribution is 0.0800. The van der Waals surface area contributed by atoms with E-state index in [9.17, 15) is 5.11 Å². The van der Waals surface area contributed by atoms with Gasteiger partial charge in [0.2, 0.25) is 0 Å². The van der Waals surface area contributed by atoms with E-state index in [-0.39, 0.29) is 0 Å². The molecule has 112 valence electrons. The lowest BCUT2D eigenvalue weighted by Crippen LogP contribution is -2.39. The van der Waals surface area contributed by atoms with E-state index in [0.717, 1.165) is 25.2 Å². The Morgan fingerprint density at radius 2 is 2.14 bits per heavy atom. The maximum Gasteiger partial charge on any atom is 0.137 e. The van der Waals surface area contributed by atoms with Gasteiger partial charge >= 0.3 is 0 Å². The smallest absolute Gasteiger partial charge is 0.137 e. The number of nitrogens with zero attached hydrogens (tertiary/aromatic N) is 4. The Bertz CT molecular complexity index is 528. The van der Waals surface area contributed by atoms with Gasteiger partial charge in [0.15, 0.2) is 0 Å². The first-order valence-electron chi connectivity index (χ1n) is 7.59. The minimum atomic E-state index is -0.406. The molecule has 1 N–H and O–H groups in total. The Hall–Kier alpha value is -1.72. The number of aromatic nitrogens is 3. The van der Waals surface area contributed by atoms with Crippen molar-refractivity contribution in [3.8, 4) is 0 Å². The number of aliphatic hydroxyl groups is 1. The highest BCUT2D eigenvalue weighted by Crippen LogP contribution is 2.21. The maximum atomic E-state index is 10.3. The van der Waals surface area contributed by atoms with Crippen molar-refractivity contribution in [1.29, 1.82) is 0 Å². The molecule has 2 atom stereocenters. The predicted octanol–water partition coefficient (Wildman–Crippen LogP) is 1.72. The standard InChI is InChI=1S/C16H22N4O/c21-16(15-6-2-1-3-7-15)11-19-8-4-5-14(9-19)10-20-13-17-12-18-20/h1-3,6-7,12-14,16,21H,4-5,8-11H2/t14-,16-/m1/s1. The fourth-order valence-electron chi connectivity index (χ4n) is 3.08. The summed E-state index contributed by atoms with van der Waals surface area (Å²) >= 11 is 0. The maximum absolute atomic E-state index is 10.3. The summed E-state index contributed by atoms with van der Waals surface area (Å²) in [7, 11) is 0. The van der Waals surface area contributed by atoms with Crippen molar-refractivity contribution in [2.75, 3.05) is 19.6 Å². The molecule has 5 nitrogen and oxygen atoms in total. The fraction of sp³-hybridized carbons (Fsp3) is 0.500. The van der Waals surface area contributed by atoms with Crippen LogP contribution >= 0.6 is 0 Å². The lowest BCUT2D eigenvalue weighted by atomic mass is 9.97. The van der Waals surface area contributed by atoms with Crippen molar-refractivity contribution in [2.24, 2.45) is 5.92 Å². The molecule has 1 aromatic heterocycles. The Morgan fingerprint density at radius 3 is 2.90 bits per heavy atom. The van der Waals surface area contributed by atoms with Crippen LogP contribution in [0.5, 0.6) is 0 Å². The predicted molar refractivity (Wildman–Crippen MR) is 80.6 cm³/mol. The molecule has 1 aliphatic rings. The van der Waals surface area contributed by atoms with E-state index in [1.54, 1.807) is 12.7 Å². The third kappa shape index (κ3) is 3.89. The molecule has 21 heavy (non-hydrogen) atoms. The number of hydrogen-bond donors (Lipinski definition) is 1. The molecule has 5 heteroatoms. The highest BCUT2D eigenvalue weighted by molar-refractivity contribution is 5.17. The number of β-amino-alcohol motifs (C(OH)–C–C–N with tert-alkyl or cyclic N) is 1. The molecule has 0 saturated carbocycles. The van der Waals surface area contributed by atoms with E-state index in [2.05, 4.69) is 15.0 Å². The van der Waals surface area contributed by atoms with Crippen LogP contribution in [-0.2, 0) is 6.54 Å². The van der Waals surface area contributed by atoms with Crippen molar-refractivity contribution < 1.29 is 5.11 Å². The molecule has 0 bridgehead atoms. The van der Waals surface area contributed by atoms with Crippen LogP contribution in [0, 0.1) is 5.92 Å². The van der Waals surface area contributed by atoms with E-state index in [1.807, 2.05) is 35.0 Å². The van der Waals surface area contributed by atoms with Gasteiger partial charge in [0, 0.05) is 19.6 Å². The van der Waals surface area contributed by atoms with Gasteiger partial charge in [-0.15, -0.1) is 0 Å². The first-order chi connectivity index (χ1) is 10.3. The minimum Gasteiger partial charge on any atom is -0.387 e. The largest absolute Gasteiger partial charge is 0.387 e. The molecule has 1 saturated heterocycles. The van der Waals surface area contributed by atoms with Gasteiger partial charge in [-0.1, -0.05) is 30.3 Å². The first-order valence-corrected chi connectivity index (χ1v) is 7.59. The van der Waals surface area contributed by atoms with Crippen LogP contribution in [0.2, 0.25) is 0 Å². The minimum absolute atomic E-state index is 0.406. The second kappa shape index (κ2) is 6.83. The molecule has 2 aromatic rings. The normalized spacial score (nSPS) is 21.3. The van der Waals surface area contributed by atoms with E-state index in [1.165, 1.54) is 12.8 Å². The Labute approximate surface area is 125 Å². The van der Waals surface area contributed by atoms with Crippen LogP contribution in [0.25, 0.3) is 0 Å². The average Bonchev–Trinajstić information content (AvgIpc) is 3.01. The number of hydrogen-bond acceptors (Lipinski definition) is 4. The quantitative estimate of drug-likeness (QED) is 0.909. The van der Waals surface area contributed by atoms with Crippen LogP contribution in [0.3, 0.4) is 0 Å². The summed E-state index contributed by atoms with van der Waals surface area (Å²) in [5, 5.41) is 14.5. The fourth-order valence-corrected chi connectivity index (χ4v) is 3.08. The molecule has 2 heterocycles. The summed E-state index contributed by atoms with van der Waals surface area (Å²) in [6.45, 7) is 3.71. The zero-order valence-corrected chi connectivity index (χ0v) is 12.2. The van der Waals surface area contributed by atoms with Gasteiger partial charge in [0.1, 0.15) is 12.7 Å². The monoisotopic (exact) mass is 286 g/mol. The third-order valence-electron chi connectivity index (χ3n) is 4.13. The van der Waals surface area contributed by atoms with Crippen LogP contribution in [0.15, 0.2) is 43.0 Å². The van der Waals surface area contributed by atoms with Gasteiger partial charge < -0.3 is 10.0 Å². The summed E-state index contributed by atoms with van der Waals surface area (Å²) < 4.78 is 1.90. The highest BCUT2D eigenvalue weighted by atomic mass is 16.3. The molecule has 1 aromatic carbocycles. The van der Waals surface area contributed by atoms with E-state index < -0.39 is 6.10 Å². The number of rotatable bonds is 5. The molecule has 1 aliphatic heterocycles. The van der Waals surface area contributed by atoms with Crippen molar-refractivity contribution in [2.45, 2.75) is 25.5 Å². The van der Waals surface area contributed by atoms with Crippen LogP contribution in [0.1, 0.15) is 24.5 Å². The molecule has 0 radical (unpaired) electrons. The highest BCUT2D eigenvalue weighted by Gasteiger charge is 2.22. The molecule has 3 rings (SSSR count). The lowest BCUT2D eigenvalue weighted by Gasteiger charge is -2.33. The van der Waals surface area contributed by atoms with Crippen molar-refractivity contribution >= 4 is 0 Å². The van der Waals surface area contributed by atoms with E-state index in [4.69, 9.17) is 0 Å².